The minimum absolute atomic E-state index is 0. The molecule has 3 aromatic rings. The van der Waals surface area contributed by atoms with E-state index < -0.39 is 0 Å². The van der Waals surface area contributed by atoms with Crippen LogP contribution in [0.2, 0.25) is 0 Å². The van der Waals surface area contributed by atoms with Gasteiger partial charge in [-0.1, -0.05) is 18.2 Å². The minimum atomic E-state index is 0. The van der Waals surface area contributed by atoms with E-state index in [0.717, 1.165) is 60.2 Å². The fourth-order valence-corrected chi connectivity index (χ4v) is 3.01. The molecule has 2 aromatic carbocycles. The van der Waals surface area contributed by atoms with E-state index in [2.05, 4.69) is 25.6 Å². The average molecular weight is 509 g/mol. The van der Waals surface area contributed by atoms with Gasteiger partial charge in [-0.05, 0) is 36.2 Å². The van der Waals surface area contributed by atoms with Crippen LogP contribution in [0.15, 0.2) is 47.5 Å². The molecule has 7 nitrogen and oxygen atoms in total. The molecule has 0 spiro atoms. The van der Waals surface area contributed by atoms with E-state index in [1.165, 1.54) is 5.56 Å². The Bertz CT molecular complexity index is 909. The number of ether oxygens (including phenoxy) is 2. The number of benzene rings is 2. The van der Waals surface area contributed by atoms with Crippen molar-refractivity contribution in [2.75, 3.05) is 34.4 Å². The van der Waals surface area contributed by atoms with Gasteiger partial charge in [0, 0.05) is 26.6 Å². The first-order valence-electron chi connectivity index (χ1n) is 9.32. The van der Waals surface area contributed by atoms with Gasteiger partial charge in [-0.15, -0.1) is 24.0 Å². The molecule has 0 unspecified atom stereocenters. The lowest BCUT2D eigenvalue weighted by atomic mass is 10.1. The van der Waals surface area contributed by atoms with Crippen LogP contribution in [-0.4, -0.2) is 50.3 Å². The van der Waals surface area contributed by atoms with Crippen molar-refractivity contribution in [3.05, 3.63) is 53.9 Å². The maximum absolute atomic E-state index is 5.35. The highest BCUT2D eigenvalue weighted by Gasteiger charge is 2.06. The third-order valence-electron chi connectivity index (χ3n) is 4.47. The molecule has 29 heavy (non-hydrogen) atoms. The summed E-state index contributed by atoms with van der Waals surface area (Å²) in [6, 6.07) is 14.0. The molecule has 0 saturated heterocycles. The van der Waals surface area contributed by atoms with E-state index in [9.17, 15) is 0 Å². The normalized spacial score (nSPS) is 11.1. The summed E-state index contributed by atoms with van der Waals surface area (Å²) in [7, 11) is 5.06. The van der Waals surface area contributed by atoms with Crippen molar-refractivity contribution in [2.24, 2.45) is 4.99 Å². The van der Waals surface area contributed by atoms with E-state index in [-0.39, 0.29) is 24.0 Å². The standard InChI is InChI=1S/C21H27N5O2.HI/c1-22-21(23-12-10-15-8-9-18(27-2)19(14-15)28-3)24-13-11-20-25-16-6-4-5-7-17(16)26-20;/h4-9,14H,10-13H2,1-3H3,(H,25,26)(H2,22,23,24);1H. The second-order valence-corrected chi connectivity index (χ2v) is 6.32. The van der Waals surface area contributed by atoms with Crippen LogP contribution in [0, 0.1) is 0 Å². The number of H-pyrrole nitrogens is 1. The van der Waals surface area contributed by atoms with Crippen LogP contribution in [0.25, 0.3) is 11.0 Å². The number of aromatic nitrogens is 2. The highest BCUT2D eigenvalue weighted by molar-refractivity contribution is 14.0. The largest absolute Gasteiger partial charge is 0.493 e. The van der Waals surface area contributed by atoms with Crippen LogP contribution < -0.4 is 20.1 Å². The molecule has 0 amide bonds. The Labute approximate surface area is 188 Å². The van der Waals surface area contributed by atoms with E-state index >= 15 is 0 Å². The third kappa shape index (κ3) is 6.25. The second kappa shape index (κ2) is 11.5. The summed E-state index contributed by atoms with van der Waals surface area (Å²) in [6.07, 6.45) is 1.65. The lowest BCUT2D eigenvalue weighted by molar-refractivity contribution is 0.354. The Kier molecular flexibility index (Phi) is 9.04. The van der Waals surface area contributed by atoms with Crippen molar-refractivity contribution in [3.8, 4) is 11.5 Å². The molecule has 3 rings (SSSR count). The molecule has 156 valence electrons. The topological polar surface area (TPSA) is 83.6 Å². The van der Waals surface area contributed by atoms with Crippen molar-refractivity contribution < 1.29 is 9.47 Å². The molecule has 0 aliphatic rings. The van der Waals surface area contributed by atoms with Crippen molar-refractivity contribution in [2.45, 2.75) is 12.8 Å². The number of nitrogens with one attached hydrogen (secondary N) is 3. The van der Waals surface area contributed by atoms with E-state index in [0.29, 0.717) is 0 Å². The van der Waals surface area contributed by atoms with Gasteiger partial charge in [-0.25, -0.2) is 4.98 Å². The maximum atomic E-state index is 5.35. The summed E-state index contributed by atoms with van der Waals surface area (Å²) in [5.74, 6) is 3.22. The smallest absolute Gasteiger partial charge is 0.191 e. The fourth-order valence-electron chi connectivity index (χ4n) is 3.01. The predicted octanol–water partition coefficient (Wildman–Crippen LogP) is 3.15. The molecule has 0 aliphatic heterocycles. The molecular weight excluding hydrogens is 481 g/mol. The molecule has 1 aromatic heterocycles. The molecule has 1 heterocycles. The SMILES string of the molecule is CN=C(NCCc1ccc(OC)c(OC)c1)NCCc1nc2ccccc2[nH]1.I. The lowest BCUT2D eigenvalue weighted by Gasteiger charge is -2.12. The molecular formula is C21H28IN5O2. The van der Waals surface area contributed by atoms with E-state index in [1.54, 1.807) is 21.3 Å². The van der Waals surface area contributed by atoms with Gasteiger partial charge in [-0.3, -0.25) is 4.99 Å². The first kappa shape index (κ1) is 22.8. The van der Waals surface area contributed by atoms with Crippen LogP contribution in [0.4, 0.5) is 0 Å². The first-order chi connectivity index (χ1) is 13.7. The summed E-state index contributed by atoms with van der Waals surface area (Å²) in [6.45, 7) is 1.51. The average Bonchev–Trinajstić information content (AvgIpc) is 3.15. The fraction of sp³-hybridized carbons (Fsp3) is 0.333. The number of para-hydroxylation sites is 2. The first-order valence-corrected chi connectivity index (χ1v) is 9.32. The Balaban J connectivity index is 0.00000300. The van der Waals surface area contributed by atoms with Gasteiger partial charge < -0.3 is 25.1 Å². The zero-order valence-electron chi connectivity index (χ0n) is 17.0. The number of hydrogen-bond acceptors (Lipinski definition) is 4. The Morgan fingerprint density at radius 3 is 2.41 bits per heavy atom. The number of aliphatic imine (C=N–C) groups is 1. The van der Waals surface area contributed by atoms with Gasteiger partial charge in [0.25, 0.3) is 0 Å². The third-order valence-corrected chi connectivity index (χ3v) is 4.47. The van der Waals surface area contributed by atoms with Crippen molar-refractivity contribution in [3.63, 3.8) is 0 Å². The number of methoxy groups -OCH3 is 2. The Hall–Kier alpha value is -2.49. The molecule has 0 radical (unpaired) electrons. The highest BCUT2D eigenvalue weighted by atomic mass is 127. The Morgan fingerprint density at radius 2 is 1.72 bits per heavy atom. The van der Waals surface area contributed by atoms with Crippen molar-refractivity contribution >= 4 is 41.0 Å². The van der Waals surface area contributed by atoms with Gasteiger partial charge in [0.15, 0.2) is 17.5 Å². The van der Waals surface area contributed by atoms with Crippen molar-refractivity contribution in [1.29, 1.82) is 0 Å². The number of aromatic amines is 1. The van der Waals surface area contributed by atoms with Crippen LogP contribution in [0.1, 0.15) is 11.4 Å². The molecule has 0 saturated carbocycles. The number of hydrogen-bond donors (Lipinski definition) is 3. The second-order valence-electron chi connectivity index (χ2n) is 6.32. The van der Waals surface area contributed by atoms with Gasteiger partial charge in [-0.2, -0.15) is 0 Å². The number of imidazole rings is 1. The summed E-state index contributed by atoms with van der Waals surface area (Å²) in [4.78, 5) is 12.2. The molecule has 0 fully saturated rings. The molecule has 3 N–H and O–H groups in total. The maximum Gasteiger partial charge on any atom is 0.191 e. The summed E-state index contributed by atoms with van der Waals surface area (Å²) >= 11 is 0. The van der Waals surface area contributed by atoms with Crippen LogP contribution >= 0.6 is 24.0 Å². The van der Waals surface area contributed by atoms with Crippen LogP contribution in [-0.2, 0) is 12.8 Å². The summed E-state index contributed by atoms with van der Waals surface area (Å²) < 4.78 is 10.6. The summed E-state index contributed by atoms with van der Waals surface area (Å²) in [5, 5.41) is 6.66. The van der Waals surface area contributed by atoms with Gasteiger partial charge >= 0.3 is 0 Å². The van der Waals surface area contributed by atoms with Crippen LogP contribution in [0.5, 0.6) is 11.5 Å². The van der Waals surface area contributed by atoms with Crippen molar-refractivity contribution in [1.82, 2.24) is 20.6 Å². The summed E-state index contributed by atoms with van der Waals surface area (Å²) in [5.41, 5.74) is 3.23. The number of guanidine groups is 1. The monoisotopic (exact) mass is 509 g/mol. The van der Waals surface area contributed by atoms with Gasteiger partial charge in [0.05, 0.1) is 25.3 Å². The number of halogens is 1. The predicted molar refractivity (Wildman–Crippen MR) is 128 cm³/mol. The molecule has 0 aliphatic carbocycles. The number of rotatable bonds is 8. The van der Waals surface area contributed by atoms with E-state index in [1.807, 2.05) is 42.5 Å². The molecule has 0 atom stereocenters. The zero-order valence-corrected chi connectivity index (χ0v) is 19.3. The highest BCUT2D eigenvalue weighted by Crippen LogP contribution is 2.27. The number of nitrogens with zero attached hydrogens (tertiary/aromatic N) is 2. The number of fused-ring (bicyclic) bond motifs is 1. The van der Waals surface area contributed by atoms with Gasteiger partial charge in [0.1, 0.15) is 5.82 Å². The minimum Gasteiger partial charge on any atom is -0.493 e. The van der Waals surface area contributed by atoms with Crippen LogP contribution in [0.3, 0.4) is 0 Å². The lowest BCUT2D eigenvalue weighted by Crippen LogP contribution is -2.39. The van der Waals surface area contributed by atoms with Gasteiger partial charge in [0.2, 0.25) is 0 Å². The van der Waals surface area contributed by atoms with E-state index in [4.69, 9.17) is 9.47 Å². The quantitative estimate of drug-likeness (QED) is 0.247. The molecule has 0 bridgehead atoms. The molecule has 8 heteroatoms. The Morgan fingerprint density at radius 1 is 1.00 bits per heavy atom. The zero-order chi connectivity index (χ0) is 19.8.